The Bertz CT molecular complexity index is 847. The largest absolute Gasteiger partial charge is 0.460 e. The van der Waals surface area contributed by atoms with Crippen LogP contribution in [0.1, 0.15) is 16.9 Å². The summed E-state index contributed by atoms with van der Waals surface area (Å²) < 4.78 is 19.7. The molecule has 0 saturated heterocycles. The zero-order valence-corrected chi connectivity index (χ0v) is 14.5. The molecule has 0 saturated carbocycles. The molecule has 1 aromatic heterocycles. The summed E-state index contributed by atoms with van der Waals surface area (Å²) in [5.41, 5.74) is 3.16. The van der Waals surface area contributed by atoms with Crippen molar-refractivity contribution in [3.05, 3.63) is 57.8 Å². The van der Waals surface area contributed by atoms with Gasteiger partial charge in [0.1, 0.15) is 11.3 Å². The van der Waals surface area contributed by atoms with Crippen molar-refractivity contribution in [2.75, 3.05) is 0 Å². The lowest BCUT2D eigenvalue weighted by atomic mass is 10.1. The third-order valence-corrected chi connectivity index (χ3v) is 5.74. The van der Waals surface area contributed by atoms with Gasteiger partial charge < -0.3 is 4.42 Å². The van der Waals surface area contributed by atoms with E-state index >= 15 is 0 Å². The molecule has 0 N–H and O–H groups in total. The fraction of sp³-hybridized carbons (Fsp3) is 0.176. The first-order valence-corrected chi connectivity index (χ1v) is 8.59. The lowest BCUT2D eigenvalue weighted by Crippen LogP contribution is -1.94. The molecule has 0 spiro atoms. The van der Waals surface area contributed by atoms with Crippen molar-refractivity contribution in [1.29, 1.82) is 0 Å². The fourth-order valence-corrected chi connectivity index (χ4v) is 3.90. The maximum atomic E-state index is 12.9. The summed E-state index contributed by atoms with van der Waals surface area (Å²) in [5.74, 6) is 0.719. The molecule has 0 aliphatic rings. The number of rotatable bonds is 2. The lowest BCUT2D eigenvalue weighted by molar-refractivity contribution is 0.566. The third kappa shape index (κ3) is 2.58. The Hall–Kier alpha value is -1.39. The summed E-state index contributed by atoms with van der Waals surface area (Å²) in [4.78, 5) is 1.55. The molecular weight excluding hydrogens is 348 g/mol. The van der Waals surface area contributed by atoms with Gasteiger partial charge in [0.2, 0.25) is 0 Å². The molecule has 3 rings (SSSR count). The second kappa shape index (κ2) is 5.43. The Morgan fingerprint density at radius 1 is 1.00 bits per heavy atom. The van der Waals surface area contributed by atoms with Crippen LogP contribution in [0.4, 0.5) is 0 Å². The average Bonchev–Trinajstić information content (AvgIpc) is 2.75. The molecule has 0 fully saturated rings. The SMILES string of the molecule is Cc1cc2oc(C)c([S@@](=O)c3ccc(Br)cc3)c2cc1C. The fourth-order valence-electron chi connectivity index (χ4n) is 2.36. The van der Waals surface area contributed by atoms with E-state index < -0.39 is 10.8 Å². The Labute approximate surface area is 134 Å². The summed E-state index contributed by atoms with van der Waals surface area (Å²) in [6.07, 6.45) is 0. The Morgan fingerprint density at radius 3 is 2.29 bits per heavy atom. The molecule has 2 aromatic carbocycles. The van der Waals surface area contributed by atoms with E-state index in [9.17, 15) is 4.21 Å². The Kier molecular flexibility index (Phi) is 3.76. The minimum Gasteiger partial charge on any atom is -0.460 e. The molecule has 4 heteroatoms. The first-order valence-electron chi connectivity index (χ1n) is 6.65. The van der Waals surface area contributed by atoms with E-state index in [1.807, 2.05) is 37.3 Å². The van der Waals surface area contributed by atoms with Crippen LogP contribution < -0.4 is 0 Å². The molecule has 0 bridgehead atoms. The molecular formula is C17H15BrO2S. The second-order valence-corrected chi connectivity index (χ2v) is 7.48. The van der Waals surface area contributed by atoms with Crippen LogP contribution in [0.15, 0.2) is 55.1 Å². The molecule has 0 aliphatic carbocycles. The van der Waals surface area contributed by atoms with Crippen LogP contribution in [-0.4, -0.2) is 4.21 Å². The second-order valence-electron chi connectivity index (χ2n) is 5.14. The number of halogens is 1. The van der Waals surface area contributed by atoms with Gasteiger partial charge in [-0.2, -0.15) is 0 Å². The molecule has 0 radical (unpaired) electrons. The third-order valence-electron chi connectivity index (χ3n) is 3.64. The van der Waals surface area contributed by atoms with Gasteiger partial charge in [0.15, 0.2) is 0 Å². The summed E-state index contributed by atoms with van der Waals surface area (Å²) in [6, 6.07) is 11.6. The quantitative estimate of drug-likeness (QED) is 0.620. The monoisotopic (exact) mass is 362 g/mol. The van der Waals surface area contributed by atoms with Crippen LogP contribution in [0.3, 0.4) is 0 Å². The maximum absolute atomic E-state index is 12.9. The van der Waals surface area contributed by atoms with Gasteiger partial charge in [-0.05, 0) is 68.3 Å². The summed E-state index contributed by atoms with van der Waals surface area (Å²) in [7, 11) is -1.24. The van der Waals surface area contributed by atoms with Gasteiger partial charge in [0, 0.05) is 14.8 Å². The molecule has 0 amide bonds. The van der Waals surface area contributed by atoms with E-state index in [1.165, 1.54) is 11.1 Å². The van der Waals surface area contributed by atoms with Crippen molar-refractivity contribution < 1.29 is 8.63 Å². The van der Waals surface area contributed by atoms with Crippen molar-refractivity contribution in [2.45, 2.75) is 30.6 Å². The van der Waals surface area contributed by atoms with Crippen molar-refractivity contribution >= 4 is 37.7 Å². The van der Waals surface area contributed by atoms with Crippen molar-refractivity contribution in [3.63, 3.8) is 0 Å². The number of hydrogen-bond acceptors (Lipinski definition) is 2. The van der Waals surface area contributed by atoms with E-state index in [4.69, 9.17) is 4.42 Å². The highest BCUT2D eigenvalue weighted by Crippen LogP contribution is 2.33. The van der Waals surface area contributed by atoms with Gasteiger partial charge in [-0.25, -0.2) is 4.21 Å². The van der Waals surface area contributed by atoms with Gasteiger partial charge in [-0.15, -0.1) is 0 Å². The topological polar surface area (TPSA) is 30.2 Å². The van der Waals surface area contributed by atoms with Gasteiger partial charge in [-0.3, -0.25) is 0 Å². The molecule has 1 atom stereocenters. The van der Waals surface area contributed by atoms with Crippen LogP contribution in [0.2, 0.25) is 0 Å². The number of benzene rings is 2. The van der Waals surface area contributed by atoms with E-state index in [0.29, 0.717) is 0 Å². The van der Waals surface area contributed by atoms with Gasteiger partial charge in [0.05, 0.1) is 15.7 Å². The van der Waals surface area contributed by atoms with Crippen LogP contribution in [0.5, 0.6) is 0 Å². The van der Waals surface area contributed by atoms with Crippen LogP contribution >= 0.6 is 15.9 Å². The lowest BCUT2D eigenvalue weighted by Gasteiger charge is -2.03. The number of hydrogen-bond donors (Lipinski definition) is 0. The molecule has 0 aliphatic heterocycles. The first-order chi connectivity index (χ1) is 9.97. The Morgan fingerprint density at radius 2 is 1.62 bits per heavy atom. The van der Waals surface area contributed by atoms with Crippen LogP contribution in [0, 0.1) is 20.8 Å². The van der Waals surface area contributed by atoms with Crippen molar-refractivity contribution in [2.24, 2.45) is 0 Å². The summed E-state index contributed by atoms with van der Waals surface area (Å²) in [5, 5.41) is 0.942. The molecule has 1 heterocycles. The summed E-state index contributed by atoms with van der Waals surface area (Å²) >= 11 is 3.40. The zero-order valence-electron chi connectivity index (χ0n) is 12.1. The predicted octanol–water partition coefficient (Wildman–Crippen LogP) is 5.29. The standard InChI is InChI=1S/C17H15BrO2S/c1-10-8-15-16(9-11(10)2)20-12(3)17(15)21(19)14-6-4-13(18)5-7-14/h4-9H,1-3H3/t21-/m0/s1. The highest BCUT2D eigenvalue weighted by atomic mass is 79.9. The van der Waals surface area contributed by atoms with E-state index in [-0.39, 0.29) is 0 Å². The first kappa shape index (κ1) is 14.5. The molecule has 2 nitrogen and oxygen atoms in total. The maximum Gasteiger partial charge on any atom is 0.135 e. The number of furan rings is 1. The number of aryl methyl sites for hydroxylation is 3. The van der Waals surface area contributed by atoms with Crippen LogP contribution in [0.25, 0.3) is 11.0 Å². The highest BCUT2D eigenvalue weighted by molar-refractivity contribution is 9.10. The minimum atomic E-state index is -1.24. The molecule has 3 aromatic rings. The normalized spacial score (nSPS) is 12.8. The van der Waals surface area contributed by atoms with E-state index in [0.717, 1.165) is 31.0 Å². The average molecular weight is 363 g/mol. The highest BCUT2D eigenvalue weighted by Gasteiger charge is 2.19. The van der Waals surface area contributed by atoms with Gasteiger partial charge in [0.25, 0.3) is 0 Å². The van der Waals surface area contributed by atoms with Crippen molar-refractivity contribution in [1.82, 2.24) is 0 Å². The van der Waals surface area contributed by atoms with E-state index in [1.54, 1.807) is 0 Å². The van der Waals surface area contributed by atoms with E-state index in [2.05, 4.69) is 35.8 Å². The molecule has 0 unspecified atom stereocenters. The molecule has 21 heavy (non-hydrogen) atoms. The van der Waals surface area contributed by atoms with Gasteiger partial charge >= 0.3 is 0 Å². The minimum absolute atomic E-state index is 0.719. The Balaban J connectivity index is 2.19. The molecule has 108 valence electrons. The van der Waals surface area contributed by atoms with Gasteiger partial charge in [-0.1, -0.05) is 15.9 Å². The number of fused-ring (bicyclic) bond motifs is 1. The zero-order chi connectivity index (χ0) is 15.1. The smallest absolute Gasteiger partial charge is 0.135 e. The summed E-state index contributed by atoms with van der Waals surface area (Å²) in [6.45, 7) is 5.98. The van der Waals surface area contributed by atoms with Crippen LogP contribution in [-0.2, 0) is 10.8 Å². The van der Waals surface area contributed by atoms with Crippen molar-refractivity contribution in [3.8, 4) is 0 Å². The predicted molar refractivity (Wildman–Crippen MR) is 89.2 cm³/mol.